The van der Waals surface area contributed by atoms with Gasteiger partial charge in [0.15, 0.2) is 0 Å². The van der Waals surface area contributed by atoms with Crippen LogP contribution in [0.25, 0.3) is 0 Å². The third-order valence-corrected chi connectivity index (χ3v) is 4.77. The van der Waals surface area contributed by atoms with Gasteiger partial charge in [-0.15, -0.1) is 24.8 Å². The molecule has 23 heavy (non-hydrogen) atoms. The minimum Gasteiger partial charge on any atom is -0.313 e. The van der Waals surface area contributed by atoms with Crippen LogP contribution in [0.4, 0.5) is 0 Å². The van der Waals surface area contributed by atoms with Crippen molar-refractivity contribution < 1.29 is 0 Å². The lowest BCUT2D eigenvalue weighted by atomic mass is 9.71. The third-order valence-electron chi connectivity index (χ3n) is 4.77. The zero-order valence-corrected chi connectivity index (χ0v) is 14.7. The van der Waals surface area contributed by atoms with E-state index in [1.54, 1.807) is 0 Å². The van der Waals surface area contributed by atoms with E-state index in [2.05, 4.69) is 71.3 Å². The van der Waals surface area contributed by atoms with Crippen molar-refractivity contribution in [1.29, 1.82) is 0 Å². The Morgan fingerprint density at radius 3 is 1.65 bits per heavy atom. The van der Waals surface area contributed by atoms with Crippen LogP contribution in [0.2, 0.25) is 0 Å². The van der Waals surface area contributed by atoms with Gasteiger partial charge < -0.3 is 10.6 Å². The van der Waals surface area contributed by atoms with Gasteiger partial charge in [-0.3, -0.25) is 0 Å². The van der Waals surface area contributed by atoms with E-state index in [1.165, 1.54) is 24.0 Å². The summed E-state index contributed by atoms with van der Waals surface area (Å²) in [5.41, 5.74) is 3.00. The average Bonchev–Trinajstić information content (AvgIpc) is 3.31. The fourth-order valence-corrected chi connectivity index (χ4v) is 3.54. The topological polar surface area (TPSA) is 24.1 Å². The number of hydrogen-bond acceptors (Lipinski definition) is 2. The number of nitrogens with one attached hydrogen (secondary N) is 2. The van der Waals surface area contributed by atoms with E-state index in [-0.39, 0.29) is 30.4 Å². The lowest BCUT2D eigenvalue weighted by Gasteiger charge is -2.50. The molecule has 0 atom stereocenters. The maximum Gasteiger partial charge on any atom is 0.0544 e. The number of halogens is 2. The van der Waals surface area contributed by atoms with Crippen LogP contribution in [0, 0.1) is 0 Å². The summed E-state index contributed by atoms with van der Waals surface area (Å²) in [6, 6.07) is 22.6. The van der Waals surface area contributed by atoms with Crippen LogP contribution in [0.5, 0.6) is 0 Å². The standard InChI is InChI=1S/C19H22N2.2ClH/c1-3-7-15(8-4-1)18(16-9-5-2-6-10-16)19(13-20-14-19)21-17-11-12-17;;/h1-10,17-18,20-21H,11-14H2;2*1H. The van der Waals surface area contributed by atoms with Crippen LogP contribution in [-0.4, -0.2) is 24.7 Å². The maximum atomic E-state index is 3.94. The predicted octanol–water partition coefficient (Wildman–Crippen LogP) is 3.76. The van der Waals surface area contributed by atoms with Gasteiger partial charge in [0.05, 0.1) is 5.54 Å². The fraction of sp³-hybridized carbons (Fsp3) is 0.368. The highest BCUT2D eigenvalue weighted by molar-refractivity contribution is 5.85. The molecule has 2 aromatic carbocycles. The average molecular weight is 351 g/mol. The summed E-state index contributed by atoms with van der Waals surface area (Å²) in [6.07, 6.45) is 2.66. The van der Waals surface area contributed by atoms with Crippen LogP contribution in [0.1, 0.15) is 29.9 Å². The Bertz CT molecular complexity index is 556. The summed E-state index contributed by atoms with van der Waals surface area (Å²) in [7, 11) is 0. The zero-order chi connectivity index (χ0) is 14.1. The van der Waals surface area contributed by atoms with Gasteiger partial charge in [-0.1, -0.05) is 60.7 Å². The first-order chi connectivity index (χ1) is 10.4. The van der Waals surface area contributed by atoms with Crippen LogP contribution < -0.4 is 10.6 Å². The summed E-state index contributed by atoms with van der Waals surface area (Å²) >= 11 is 0. The van der Waals surface area contributed by atoms with Gasteiger partial charge in [0.1, 0.15) is 0 Å². The fourth-order valence-electron chi connectivity index (χ4n) is 3.54. The summed E-state index contributed by atoms with van der Waals surface area (Å²) in [6.45, 7) is 2.11. The Morgan fingerprint density at radius 2 is 1.30 bits per heavy atom. The first kappa shape index (κ1) is 18.3. The van der Waals surface area contributed by atoms with Crippen molar-refractivity contribution in [2.24, 2.45) is 0 Å². The van der Waals surface area contributed by atoms with E-state index < -0.39 is 0 Å². The highest BCUT2D eigenvalue weighted by atomic mass is 35.5. The summed E-state index contributed by atoms with van der Waals surface area (Å²) in [5, 5.41) is 7.43. The molecule has 1 heterocycles. The molecule has 4 heteroatoms. The second-order valence-electron chi connectivity index (χ2n) is 6.43. The van der Waals surface area contributed by atoms with Gasteiger partial charge in [-0.05, 0) is 24.0 Å². The molecule has 1 saturated carbocycles. The van der Waals surface area contributed by atoms with Crippen molar-refractivity contribution in [2.75, 3.05) is 13.1 Å². The lowest BCUT2D eigenvalue weighted by molar-refractivity contribution is 0.186. The van der Waals surface area contributed by atoms with Gasteiger partial charge >= 0.3 is 0 Å². The molecule has 0 amide bonds. The van der Waals surface area contributed by atoms with E-state index >= 15 is 0 Å². The minimum absolute atomic E-state index is 0. The SMILES string of the molecule is Cl.Cl.c1ccc(C(c2ccccc2)C2(NC3CC3)CNC2)cc1. The van der Waals surface area contributed by atoms with Gasteiger partial charge in [0.25, 0.3) is 0 Å². The van der Waals surface area contributed by atoms with E-state index in [9.17, 15) is 0 Å². The smallest absolute Gasteiger partial charge is 0.0544 e. The second kappa shape index (κ2) is 7.67. The Kier molecular flexibility index (Phi) is 6.10. The van der Waals surface area contributed by atoms with Gasteiger partial charge in [-0.2, -0.15) is 0 Å². The molecule has 1 saturated heterocycles. The second-order valence-corrected chi connectivity index (χ2v) is 6.43. The Balaban J connectivity index is 0.000000960. The van der Waals surface area contributed by atoms with Crippen molar-refractivity contribution in [3.8, 4) is 0 Å². The lowest BCUT2D eigenvalue weighted by Crippen LogP contribution is -2.71. The van der Waals surface area contributed by atoms with Crippen LogP contribution in [-0.2, 0) is 0 Å². The number of benzene rings is 2. The van der Waals surface area contributed by atoms with Crippen LogP contribution >= 0.6 is 24.8 Å². The molecule has 2 aliphatic rings. The minimum atomic E-state index is 0. The van der Waals surface area contributed by atoms with Crippen LogP contribution in [0.15, 0.2) is 60.7 Å². The Hall–Kier alpha value is -1.06. The van der Waals surface area contributed by atoms with Crippen molar-refractivity contribution in [2.45, 2.75) is 30.3 Å². The molecule has 0 bridgehead atoms. The molecule has 124 valence electrons. The monoisotopic (exact) mass is 350 g/mol. The summed E-state index contributed by atoms with van der Waals surface area (Å²) < 4.78 is 0. The van der Waals surface area contributed by atoms with Crippen molar-refractivity contribution in [3.63, 3.8) is 0 Å². The molecule has 1 aliphatic heterocycles. The van der Waals surface area contributed by atoms with Gasteiger partial charge in [-0.25, -0.2) is 0 Å². The van der Waals surface area contributed by atoms with Crippen molar-refractivity contribution in [1.82, 2.24) is 10.6 Å². The van der Waals surface area contributed by atoms with Gasteiger partial charge in [0.2, 0.25) is 0 Å². The molecule has 2 N–H and O–H groups in total. The van der Waals surface area contributed by atoms with E-state index in [4.69, 9.17) is 0 Å². The number of hydrogen-bond donors (Lipinski definition) is 2. The molecule has 2 fully saturated rings. The molecule has 1 aliphatic carbocycles. The number of rotatable bonds is 5. The molecule has 0 aromatic heterocycles. The maximum absolute atomic E-state index is 3.94. The Labute approximate surface area is 150 Å². The third kappa shape index (κ3) is 3.72. The summed E-state index contributed by atoms with van der Waals surface area (Å²) in [5.74, 6) is 0.418. The first-order valence-corrected chi connectivity index (χ1v) is 7.96. The molecule has 0 unspecified atom stereocenters. The molecular weight excluding hydrogens is 327 g/mol. The van der Waals surface area contributed by atoms with Crippen LogP contribution in [0.3, 0.4) is 0 Å². The molecular formula is C19H24Cl2N2. The molecule has 2 nitrogen and oxygen atoms in total. The largest absolute Gasteiger partial charge is 0.313 e. The van der Waals surface area contributed by atoms with Crippen molar-refractivity contribution in [3.05, 3.63) is 71.8 Å². The molecule has 0 spiro atoms. The normalized spacial score (nSPS) is 18.5. The predicted molar refractivity (Wildman–Crippen MR) is 101 cm³/mol. The molecule has 0 radical (unpaired) electrons. The highest BCUT2D eigenvalue weighted by Crippen LogP contribution is 2.39. The quantitative estimate of drug-likeness (QED) is 0.857. The highest BCUT2D eigenvalue weighted by Gasteiger charge is 2.47. The Morgan fingerprint density at radius 1 is 0.826 bits per heavy atom. The molecule has 4 rings (SSSR count). The van der Waals surface area contributed by atoms with Crippen molar-refractivity contribution >= 4 is 24.8 Å². The zero-order valence-electron chi connectivity index (χ0n) is 13.1. The first-order valence-electron chi connectivity index (χ1n) is 7.96. The molecule has 2 aromatic rings. The van der Waals surface area contributed by atoms with Gasteiger partial charge in [0, 0.05) is 25.0 Å². The summed E-state index contributed by atoms with van der Waals surface area (Å²) in [4.78, 5) is 0. The van der Waals surface area contributed by atoms with E-state index in [1.807, 2.05) is 0 Å². The van der Waals surface area contributed by atoms with E-state index in [0.29, 0.717) is 5.92 Å². The van der Waals surface area contributed by atoms with E-state index in [0.717, 1.165) is 19.1 Å².